The molecule has 2 fully saturated rings. The smallest absolute Gasteiger partial charge is 0.223 e. The highest BCUT2D eigenvalue weighted by atomic mass is 16.2. The summed E-state index contributed by atoms with van der Waals surface area (Å²) < 4.78 is 0. The molecule has 1 atom stereocenters. The Morgan fingerprint density at radius 3 is 1.91 bits per heavy atom. The van der Waals surface area contributed by atoms with Crippen molar-refractivity contribution in [1.29, 1.82) is 0 Å². The van der Waals surface area contributed by atoms with Gasteiger partial charge in [0, 0.05) is 44.1 Å². The van der Waals surface area contributed by atoms with Crippen LogP contribution in [0.4, 0.5) is 0 Å². The maximum absolute atomic E-state index is 13.8. The summed E-state index contributed by atoms with van der Waals surface area (Å²) in [6, 6.07) is 32.6. The first-order valence-corrected chi connectivity index (χ1v) is 12.0. The Hall–Kier alpha value is -2.91. The lowest BCUT2D eigenvalue weighted by atomic mass is 9.87. The number of hydrogen-bond donors (Lipinski definition) is 0. The fraction of sp³-hybridized carbons (Fsp3) is 0.345. The molecular weight excluding hydrogens is 392 g/mol. The van der Waals surface area contributed by atoms with Gasteiger partial charge in [-0.2, -0.15) is 0 Å². The number of hydrogen-bond acceptors (Lipinski definition) is 2. The van der Waals surface area contributed by atoms with E-state index in [2.05, 4.69) is 88.7 Å². The maximum atomic E-state index is 13.8. The van der Waals surface area contributed by atoms with Crippen LogP contribution in [-0.4, -0.2) is 47.4 Å². The van der Waals surface area contributed by atoms with Gasteiger partial charge in [-0.15, -0.1) is 0 Å². The van der Waals surface area contributed by atoms with Crippen molar-refractivity contribution in [2.45, 2.75) is 43.7 Å². The van der Waals surface area contributed by atoms with Gasteiger partial charge in [-0.25, -0.2) is 0 Å². The largest absolute Gasteiger partial charge is 0.337 e. The number of piperazine rings is 1. The van der Waals surface area contributed by atoms with E-state index >= 15 is 0 Å². The second kappa shape index (κ2) is 9.70. The molecule has 1 heterocycles. The molecule has 1 saturated heterocycles. The first-order valence-electron chi connectivity index (χ1n) is 12.0. The molecule has 0 radical (unpaired) electrons. The lowest BCUT2D eigenvalue weighted by Crippen LogP contribution is -2.56. The fourth-order valence-corrected chi connectivity index (χ4v) is 5.13. The molecule has 164 valence electrons. The monoisotopic (exact) mass is 424 g/mol. The van der Waals surface area contributed by atoms with Crippen molar-refractivity contribution >= 4 is 5.91 Å². The molecule has 0 N–H and O–H groups in total. The fourth-order valence-electron chi connectivity index (χ4n) is 5.13. The molecular formula is C29H32N2O. The zero-order valence-corrected chi connectivity index (χ0v) is 18.6. The first kappa shape index (κ1) is 21.0. The molecule has 1 aliphatic carbocycles. The van der Waals surface area contributed by atoms with Crippen molar-refractivity contribution in [3.63, 3.8) is 0 Å². The average molecular weight is 425 g/mol. The van der Waals surface area contributed by atoms with Crippen LogP contribution in [0.3, 0.4) is 0 Å². The van der Waals surface area contributed by atoms with E-state index in [0.717, 1.165) is 32.1 Å². The highest BCUT2D eigenvalue weighted by molar-refractivity contribution is 5.78. The Labute approximate surface area is 191 Å². The van der Waals surface area contributed by atoms with Crippen molar-refractivity contribution in [3.8, 4) is 0 Å². The van der Waals surface area contributed by atoms with Crippen molar-refractivity contribution in [1.82, 2.24) is 9.80 Å². The van der Waals surface area contributed by atoms with E-state index in [1.165, 1.54) is 29.5 Å². The van der Waals surface area contributed by atoms with Crippen LogP contribution in [0.5, 0.6) is 0 Å². The Balaban J connectivity index is 1.37. The van der Waals surface area contributed by atoms with Crippen LogP contribution in [0.1, 0.15) is 41.9 Å². The summed E-state index contributed by atoms with van der Waals surface area (Å²) in [4.78, 5) is 18.6. The van der Waals surface area contributed by atoms with Gasteiger partial charge in [0.1, 0.15) is 0 Å². The highest BCUT2D eigenvalue weighted by Crippen LogP contribution is 2.32. The summed E-state index contributed by atoms with van der Waals surface area (Å²) >= 11 is 0. The van der Waals surface area contributed by atoms with Gasteiger partial charge in [0.2, 0.25) is 5.91 Å². The molecule has 0 spiro atoms. The first-order chi connectivity index (χ1) is 15.8. The molecule has 3 aromatic carbocycles. The lowest BCUT2D eigenvalue weighted by Gasteiger charge is -2.42. The summed E-state index contributed by atoms with van der Waals surface area (Å²) in [7, 11) is 0. The van der Waals surface area contributed by atoms with Crippen LogP contribution in [0.15, 0.2) is 91.0 Å². The van der Waals surface area contributed by atoms with Gasteiger partial charge in [-0.05, 0) is 36.0 Å². The predicted molar refractivity (Wildman–Crippen MR) is 130 cm³/mol. The lowest BCUT2D eigenvalue weighted by molar-refractivity contribution is -0.136. The SMILES string of the molecule is O=C(CC(c1ccccc1)c1ccccc1)N1CCN(C2CC2)CC1Cc1ccccc1. The Kier molecular flexibility index (Phi) is 6.36. The molecule has 2 aliphatic rings. The van der Waals surface area contributed by atoms with Gasteiger partial charge < -0.3 is 4.90 Å². The van der Waals surface area contributed by atoms with E-state index in [-0.39, 0.29) is 17.9 Å². The molecule has 5 rings (SSSR count). The zero-order valence-electron chi connectivity index (χ0n) is 18.6. The second-order valence-electron chi connectivity index (χ2n) is 9.23. The summed E-state index contributed by atoms with van der Waals surface area (Å²) in [6.07, 6.45) is 4.08. The minimum atomic E-state index is 0.0868. The summed E-state index contributed by atoms with van der Waals surface area (Å²) in [5, 5.41) is 0. The van der Waals surface area contributed by atoms with E-state index in [9.17, 15) is 4.79 Å². The highest BCUT2D eigenvalue weighted by Gasteiger charge is 2.37. The number of amides is 1. The molecule has 3 heteroatoms. The Bertz CT molecular complexity index is 962. The van der Waals surface area contributed by atoms with Gasteiger partial charge in [-0.3, -0.25) is 9.69 Å². The van der Waals surface area contributed by atoms with E-state index in [1.54, 1.807) is 0 Å². The van der Waals surface area contributed by atoms with Gasteiger partial charge in [0.05, 0.1) is 0 Å². The maximum Gasteiger partial charge on any atom is 0.223 e. The molecule has 1 aliphatic heterocycles. The van der Waals surface area contributed by atoms with Gasteiger partial charge in [0.15, 0.2) is 0 Å². The van der Waals surface area contributed by atoms with Crippen molar-refractivity contribution in [2.75, 3.05) is 19.6 Å². The van der Waals surface area contributed by atoms with E-state index in [0.29, 0.717) is 6.42 Å². The normalized spacial score (nSPS) is 19.3. The predicted octanol–water partition coefficient (Wildman–Crippen LogP) is 5.13. The quantitative estimate of drug-likeness (QED) is 0.525. The number of carbonyl (C=O) groups excluding carboxylic acids is 1. The van der Waals surface area contributed by atoms with Crippen LogP contribution >= 0.6 is 0 Å². The van der Waals surface area contributed by atoms with Crippen LogP contribution in [-0.2, 0) is 11.2 Å². The van der Waals surface area contributed by atoms with Gasteiger partial charge in [0.25, 0.3) is 0 Å². The van der Waals surface area contributed by atoms with Crippen molar-refractivity contribution in [2.24, 2.45) is 0 Å². The van der Waals surface area contributed by atoms with Crippen molar-refractivity contribution in [3.05, 3.63) is 108 Å². The Morgan fingerprint density at radius 2 is 1.34 bits per heavy atom. The topological polar surface area (TPSA) is 23.6 Å². The molecule has 3 aromatic rings. The minimum absolute atomic E-state index is 0.0868. The average Bonchev–Trinajstić information content (AvgIpc) is 3.70. The Morgan fingerprint density at radius 1 is 0.781 bits per heavy atom. The van der Waals surface area contributed by atoms with Gasteiger partial charge >= 0.3 is 0 Å². The number of rotatable bonds is 7. The zero-order chi connectivity index (χ0) is 21.8. The van der Waals surface area contributed by atoms with Crippen LogP contribution in [0.2, 0.25) is 0 Å². The van der Waals surface area contributed by atoms with Crippen LogP contribution in [0, 0.1) is 0 Å². The van der Waals surface area contributed by atoms with Gasteiger partial charge in [-0.1, -0.05) is 91.0 Å². The summed E-state index contributed by atoms with van der Waals surface area (Å²) in [6.45, 7) is 2.83. The molecule has 0 bridgehead atoms. The third-order valence-electron chi connectivity index (χ3n) is 6.99. The van der Waals surface area contributed by atoms with E-state index in [4.69, 9.17) is 0 Å². The number of carbonyl (C=O) groups is 1. The van der Waals surface area contributed by atoms with Crippen LogP contribution in [0.25, 0.3) is 0 Å². The standard InChI is InChI=1S/C29H32N2O/c32-29(21-28(24-12-6-2-7-13-24)25-14-8-3-9-15-25)31-19-18-30(26-16-17-26)22-27(31)20-23-10-4-1-5-11-23/h1-15,26-28H,16-22H2. The third kappa shape index (κ3) is 4.94. The molecule has 0 aromatic heterocycles. The minimum Gasteiger partial charge on any atom is -0.337 e. The van der Waals surface area contributed by atoms with Crippen molar-refractivity contribution < 1.29 is 4.79 Å². The molecule has 3 nitrogen and oxygen atoms in total. The summed E-state index contributed by atoms with van der Waals surface area (Å²) in [5.74, 6) is 0.364. The van der Waals surface area contributed by atoms with E-state index < -0.39 is 0 Å². The molecule has 32 heavy (non-hydrogen) atoms. The van der Waals surface area contributed by atoms with Crippen LogP contribution < -0.4 is 0 Å². The molecule has 1 amide bonds. The summed E-state index contributed by atoms with van der Waals surface area (Å²) in [5.41, 5.74) is 3.74. The molecule has 1 saturated carbocycles. The van der Waals surface area contributed by atoms with E-state index in [1.807, 2.05) is 12.1 Å². The number of nitrogens with zero attached hydrogens (tertiary/aromatic N) is 2. The number of benzene rings is 3. The third-order valence-corrected chi connectivity index (χ3v) is 6.99. The molecule has 1 unspecified atom stereocenters. The second-order valence-corrected chi connectivity index (χ2v) is 9.23.